The number of nitrogens with one attached hydrogen (secondary N) is 2. The molecule has 0 aromatic heterocycles. The molecule has 14 heteroatoms. The third-order valence-corrected chi connectivity index (χ3v) is 6.91. The van der Waals surface area contributed by atoms with E-state index in [1.54, 1.807) is 36.2 Å². The number of amides is 1. The first kappa shape index (κ1) is 28.5. The predicted octanol–water partition coefficient (Wildman–Crippen LogP) is 4.29. The lowest BCUT2D eigenvalue weighted by Gasteiger charge is -2.31. The maximum absolute atomic E-state index is 13.9. The molecule has 2 heterocycles. The summed E-state index contributed by atoms with van der Waals surface area (Å²) in [5.41, 5.74) is 1.24. The van der Waals surface area contributed by atoms with Crippen LogP contribution in [-0.4, -0.2) is 72.0 Å². The van der Waals surface area contributed by atoms with Crippen LogP contribution in [0.25, 0.3) is 0 Å². The van der Waals surface area contributed by atoms with Crippen LogP contribution < -0.4 is 15.4 Å². The van der Waals surface area contributed by atoms with Crippen molar-refractivity contribution >= 4 is 46.5 Å². The molecule has 0 radical (unpaired) electrons. The van der Waals surface area contributed by atoms with Crippen LogP contribution in [0.3, 0.4) is 0 Å². The number of hydrazone groups is 1. The number of aliphatic imine (C=N–C) groups is 1. The fourth-order valence-electron chi connectivity index (χ4n) is 4.44. The highest BCUT2D eigenvalue weighted by Gasteiger charge is 2.40. The van der Waals surface area contributed by atoms with Crippen molar-refractivity contribution in [3.8, 4) is 11.9 Å². The number of halogens is 5. The van der Waals surface area contributed by atoms with Crippen molar-refractivity contribution in [3.05, 3.63) is 58.1 Å². The topological polar surface area (TPSA) is 105 Å². The monoisotopic (exact) mass is 581 g/mol. The van der Waals surface area contributed by atoms with Gasteiger partial charge in [-0.25, -0.2) is 14.4 Å². The van der Waals surface area contributed by atoms with E-state index < -0.39 is 24.9 Å². The molecule has 39 heavy (non-hydrogen) atoms. The lowest BCUT2D eigenvalue weighted by molar-refractivity contribution is -0.134. The summed E-state index contributed by atoms with van der Waals surface area (Å²) in [6.45, 7) is -0.750. The molecule has 4 rings (SSSR count). The van der Waals surface area contributed by atoms with E-state index in [4.69, 9.17) is 23.2 Å². The molecule has 2 N–H and O–H groups in total. The van der Waals surface area contributed by atoms with Gasteiger partial charge in [0.1, 0.15) is 11.9 Å². The zero-order valence-electron chi connectivity index (χ0n) is 20.6. The normalized spacial score (nSPS) is 21.1. The van der Waals surface area contributed by atoms with Gasteiger partial charge in [-0.3, -0.25) is 10.1 Å². The molecule has 2 aliphatic rings. The SMILES string of the molecule is CCN(C(=O)[C@H]1C[C@@H](F)CN1)[C@H]1CN(C(=Nc2cccc(OC(F)F)c2)NC#N)N=C1c1ccc(Cl)c(Cl)c1. The summed E-state index contributed by atoms with van der Waals surface area (Å²) >= 11 is 12.4. The Bertz CT molecular complexity index is 1320. The van der Waals surface area contributed by atoms with Gasteiger partial charge in [0, 0.05) is 31.1 Å². The summed E-state index contributed by atoms with van der Waals surface area (Å²) in [6.07, 6.45) is 0.739. The third-order valence-electron chi connectivity index (χ3n) is 6.17. The maximum Gasteiger partial charge on any atom is 0.387 e. The van der Waals surface area contributed by atoms with Crippen LogP contribution in [-0.2, 0) is 4.79 Å². The van der Waals surface area contributed by atoms with E-state index in [-0.39, 0.29) is 54.4 Å². The molecule has 0 aliphatic carbocycles. The molecule has 0 saturated carbocycles. The van der Waals surface area contributed by atoms with E-state index in [0.717, 1.165) is 0 Å². The number of hydrogen-bond acceptors (Lipinski definition) is 6. The second-order valence-electron chi connectivity index (χ2n) is 8.68. The molecule has 206 valence electrons. The molecule has 3 atom stereocenters. The summed E-state index contributed by atoms with van der Waals surface area (Å²) in [5, 5.41) is 21.4. The molecule has 2 aromatic carbocycles. The molecular formula is C25H24Cl2F3N7O2. The van der Waals surface area contributed by atoms with E-state index in [0.29, 0.717) is 16.3 Å². The Balaban J connectivity index is 1.72. The Labute approximate surface area is 232 Å². The van der Waals surface area contributed by atoms with E-state index in [1.807, 2.05) is 0 Å². The summed E-state index contributed by atoms with van der Waals surface area (Å²) in [6, 6.07) is 9.24. The third kappa shape index (κ3) is 6.73. The first-order chi connectivity index (χ1) is 18.7. The predicted molar refractivity (Wildman–Crippen MR) is 141 cm³/mol. The molecule has 9 nitrogen and oxygen atoms in total. The second-order valence-corrected chi connectivity index (χ2v) is 9.49. The van der Waals surface area contributed by atoms with Gasteiger partial charge < -0.3 is 15.0 Å². The van der Waals surface area contributed by atoms with Crippen LogP contribution in [0.2, 0.25) is 10.0 Å². The smallest absolute Gasteiger partial charge is 0.387 e. The van der Waals surface area contributed by atoms with Gasteiger partial charge in [0.25, 0.3) is 0 Å². The molecule has 1 saturated heterocycles. The van der Waals surface area contributed by atoms with Crippen LogP contribution in [0, 0.1) is 11.5 Å². The number of alkyl halides is 3. The lowest BCUT2D eigenvalue weighted by atomic mass is 10.0. The standard InChI is InChI=1S/C25H24Cl2F3N7O2/c1-2-36(23(38)20-9-15(28)11-32-20)21-12-37(35-22(21)14-6-7-18(26)19(27)8-14)25(33-13-31)34-16-4-3-5-17(10-16)39-24(29)30/h3-8,10,15,20-21,24,32H,2,9,11-12H2,1H3,(H,33,34)/t15-,20-,21+/m1/s1. The number of carbonyl (C=O) groups excluding carboxylic acids is 1. The highest BCUT2D eigenvalue weighted by Crippen LogP contribution is 2.28. The van der Waals surface area contributed by atoms with Gasteiger partial charge in [0.15, 0.2) is 6.19 Å². The Hall–Kier alpha value is -3.53. The minimum absolute atomic E-state index is 0.0157. The van der Waals surface area contributed by atoms with Crippen molar-refractivity contribution in [2.45, 2.75) is 38.2 Å². The van der Waals surface area contributed by atoms with Crippen molar-refractivity contribution in [2.24, 2.45) is 10.1 Å². The fourth-order valence-corrected chi connectivity index (χ4v) is 4.73. The number of ether oxygens (including phenoxy) is 1. The summed E-state index contributed by atoms with van der Waals surface area (Å²) < 4.78 is 43.6. The van der Waals surface area contributed by atoms with Crippen molar-refractivity contribution in [3.63, 3.8) is 0 Å². The van der Waals surface area contributed by atoms with Crippen molar-refractivity contribution < 1.29 is 22.7 Å². The number of rotatable bonds is 7. The highest BCUT2D eigenvalue weighted by atomic mass is 35.5. The Morgan fingerprint density at radius 3 is 2.77 bits per heavy atom. The van der Waals surface area contributed by atoms with Gasteiger partial charge in [0.05, 0.1) is 40.1 Å². The van der Waals surface area contributed by atoms with Crippen molar-refractivity contribution in [1.82, 2.24) is 20.5 Å². The minimum atomic E-state index is -3.02. The average molecular weight is 582 g/mol. The van der Waals surface area contributed by atoms with Crippen LogP contribution in [0.1, 0.15) is 18.9 Å². The molecule has 0 bridgehead atoms. The zero-order valence-corrected chi connectivity index (χ0v) is 22.1. The Morgan fingerprint density at radius 1 is 1.33 bits per heavy atom. The molecule has 0 unspecified atom stereocenters. The summed E-state index contributed by atoms with van der Waals surface area (Å²) in [4.78, 5) is 19.4. The number of nitrogens with zero attached hydrogens (tertiary/aromatic N) is 5. The van der Waals surface area contributed by atoms with Crippen LogP contribution in [0.4, 0.5) is 18.9 Å². The molecule has 1 amide bonds. The summed E-state index contributed by atoms with van der Waals surface area (Å²) in [7, 11) is 0. The lowest BCUT2D eigenvalue weighted by Crippen LogP contribution is -2.53. The van der Waals surface area contributed by atoms with E-state index in [2.05, 4.69) is 25.5 Å². The largest absolute Gasteiger partial charge is 0.435 e. The quantitative estimate of drug-likeness (QED) is 0.219. The maximum atomic E-state index is 13.9. The number of likely N-dealkylation sites (N-methyl/N-ethyl adjacent to an activating group) is 1. The molecule has 0 spiro atoms. The van der Waals surface area contributed by atoms with Crippen molar-refractivity contribution in [2.75, 3.05) is 19.6 Å². The van der Waals surface area contributed by atoms with Crippen LogP contribution >= 0.6 is 23.2 Å². The average Bonchev–Trinajstić information content (AvgIpc) is 3.53. The molecule has 1 fully saturated rings. The van der Waals surface area contributed by atoms with E-state index >= 15 is 0 Å². The van der Waals surface area contributed by atoms with Gasteiger partial charge in [0.2, 0.25) is 11.9 Å². The van der Waals surface area contributed by atoms with E-state index in [9.17, 15) is 23.2 Å². The van der Waals surface area contributed by atoms with Gasteiger partial charge in [-0.2, -0.15) is 19.1 Å². The van der Waals surface area contributed by atoms with Crippen LogP contribution in [0.15, 0.2) is 52.6 Å². The van der Waals surface area contributed by atoms with Gasteiger partial charge >= 0.3 is 6.61 Å². The number of hydrogen-bond donors (Lipinski definition) is 2. The molecular weight excluding hydrogens is 558 g/mol. The zero-order chi connectivity index (χ0) is 28.1. The van der Waals surface area contributed by atoms with Gasteiger partial charge in [-0.15, -0.1) is 0 Å². The first-order valence-electron chi connectivity index (χ1n) is 12.0. The molecule has 2 aliphatic heterocycles. The number of carbonyl (C=O) groups is 1. The van der Waals surface area contributed by atoms with E-state index in [1.165, 1.54) is 29.3 Å². The van der Waals surface area contributed by atoms with Crippen LogP contribution in [0.5, 0.6) is 5.75 Å². The van der Waals surface area contributed by atoms with Crippen molar-refractivity contribution in [1.29, 1.82) is 5.26 Å². The molecule has 2 aromatic rings. The van der Waals surface area contributed by atoms with Gasteiger partial charge in [-0.1, -0.05) is 35.3 Å². The minimum Gasteiger partial charge on any atom is -0.435 e. The number of nitriles is 1. The Morgan fingerprint density at radius 2 is 2.13 bits per heavy atom. The second kappa shape index (κ2) is 12.5. The first-order valence-corrected chi connectivity index (χ1v) is 12.7. The Kier molecular flexibility index (Phi) is 9.16. The van der Waals surface area contributed by atoms with Gasteiger partial charge in [-0.05, 0) is 31.2 Å². The number of benzene rings is 2. The summed E-state index contributed by atoms with van der Waals surface area (Å²) in [5.74, 6) is -0.418. The number of guanidine groups is 1. The highest BCUT2D eigenvalue weighted by molar-refractivity contribution is 6.42. The fraction of sp³-hybridized carbons (Fsp3) is 0.360.